The number of anilines is 3. The van der Waals surface area contributed by atoms with E-state index in [0.717, 1.165) is 6.07 Å². The number of alkyl halides is 6. The number of nitrogens with zero attached hydrogens (tertiary/aromatic N) is 5. The zero-order valence-corrected chi connectivity index (χ0v) is 19.6. The Hall–Kier alpha value is -4.70. The first-order chi connectivity index (χ1) is 18.1. The molecule has 39 heavy (non-hydrogen) atoms. The summed E-state index contributed by atoms with van der Waals surface area (Å²) in [5.74, 6) is -2.86. The monoisotopic (exact) mass is 559 g/mol. The van der Waals surface area contributed by atoms with Gasteiger partial charge >= 0.3 is 18.3 Å². The molecule has 0 radical (unpaired) electrons. The molecule has 1 aromatic carbocycles. The molecule has 0 saturated heterocycles. The molecular weight excluding hydrogens is 540 g/mol. The summed E-state index contributed by atoms with van der Waals surface area (Å²) >= 11 is 0. The Labute approximate surface area is 215 Å². The van der Waals surface area contributed by atoms with E-state index in [2.05, 4.69) is 15.0 Å². The molecule has 1 aliphatic rings. The molecule has 3 heterocycles. The van der Waals surface area contributed by atoms with Crippen LogP contribution in [0.5, 0.6) is 0 Å². The van der Waals surface area contributed by atoms with Crippen molar-refractivity contribution in [2.24, 2.45) is 0 Å². The molecule has 0 aliphatic carbocycles. The maximum Gasteiger partial charge on any atom is 0.490 e. The third-order valence-electron chi connectivity index (χ3n) is 5.60. The highest BCUT2D eigenvalue weighted by Crippen LogP contribution is 2.40. The highest BCUT2D eigenvalue weighted by atomic mass is 19.4. The molecule has 5 N–H and O–H groups in total. The molecule has 4 rings (SSSR count). The van der Waals surface area contributed by atoms with Crippen molar-refractivity contribution in [1.29, 1.82) is 0 Å². The smallest absolute Gasteiger partial charge is 0.475 e. The van der Waals surface area contributed by atoms with E-state index >= 15 is 0 Å². The molecule has 17 heteroatoms. The van der Waals surface area contributed by atoms with Crippen LogP contribution >= 0.6 is 0 Å². The Morgan fingerprint density at radius 2 is 1.69 bits per heavy atom. The summed E-state index contributed by atoms with van der Waals surface area (Å²) in [6.45, 7) is 0.145. The van der Waals surface area contributed by atoms with E-state index in [1.807, 2.05) is 0 Å². The van der Waals surface area contributed by atoms with Crippen molar-refractivity contribution >= 4 is 29.2 Å². The van der Waals surface area contributed by atoms with Crippen LogP contribution in [0.2, 0.25) is 0 Å². The Kier molecular flexibility index (Phi) is 8.11. The summed E-state index contributed by atoms with van der Waals surface area (Å²) < 4.78 is 73.0. The molecule has 3 aromatic rings. The number of carboxylic acids is 1. The number of rotatable bonds is 3. The third-order valence-corrected chi connectivity index (χ3v) is 5.60. The first kappa shape index (κ1) is 28.9. The fourth-order valence-electron chi connectivity index (χ4n) is 3.91. The predicted octanol–water partition coefficient (Wildman–Crippen LogP) is 3.94. The summed E-state index contributed by atoms with van der Waals surface area (Å²) in [7, 11) is 0. The fraction of sp³-hybridized carbons (Fsp3) is 0.273. The Morgan fingerprint density at radius 1 is 1.08 bits per heavy atom. The van der Waals surface area contributed by atoms with Gasteiger partial charge in [-0.15, -0.1) is 0 Å². The Balaban J connectivity index is 0.000000532. The maximum atomic E-state index is 13.8. The molecule has 0 spiro atoms. The van der Waals surface area contributed by atoms with Gasteiger partial charge in [-0.2, -0.15) is 31.3 Å². The minimum Gasteiger partial charge on any atom is -0.475 e. The van der Waals surface area contributed by atoms with Gasteiger partial charge in [0.1, 0.15) is 11.6 Å². The number of nitro benzene ring substituents is 1. The van der Waals surface area contributed by atoms with Gasteiger partial charge in [-0.05, 0) is 24.1 Å². The van der Waals surface area contributed by atoms with Crippen LogP contribution in [0, 0.1) is 10.1 Å². The topological polar surface area (TPSA) is 174 Å². The number of carbonyl (C=O) groups is 1. The van der Waals surface area contributed by atoms with Crippen molar-refractivity contribution < 1.29 is 41.2 Å². The number of hydrogen-bond donors (Lipinski definition) is 3. The second-order valence-corrected chi connectivity index (χ2v) is 8.08. The first-order valence-corrected chi connectivity index (χ1v) is 10.8. The molecule has 11 nitrogen and oxygen atoms in total. The number of nitrogens with two attached hydrogens (primary N) is 2. The molecular formula is C22H19F6N7O4. The van der Waals surface area contributed by atoms with Crippen LogP contribution in [0.3, 0.4) is 0 Å². The van der Waals surface area contributed by atoms with Gasteiger partial charge in [0.25, 0.3) is 5.69 Å². The van der Waals surface area contributed by atoms with Gasteiger partial charge < -0.3 is 21.5 Å². The molecule has 0 fully saturated rings. The van der Waals surface area contributed by atoms with Crippen molar-refractivity contribution in [3.63, 3.8) is 0 Å². The number of nitro groups is 1. The van der Waals surface area contributed by atoms with E-state index in [1.54, 1.807) is 0 Å². The SMILES string of the molecule is Nc1nc(N)c2c(n1)CC(c1ccc([N+](=O)[O-])cc1)N(c1ncccc1C(F)(F)F)CC2.O=C(O)C(F)(F)F. The lowest BCUT2D eigenvalue weighted by Gasteiger charge is -2.33. The standard InChI is InChI=1S/C20H18F3N7O2.C2HF3O2/c21-20(22,23)14-2-1-8-26-18(14)29-9-7-13-15(27-19(25)28-17(13)24)10-16(29)11-3-5-12(6-4-11)30(31)32;3-2(4,5)1(6)7/h1-6,8,16H,7,9-10H2,(H4,24,25,27,28);(H,6,7). The van der Waals surface area contributed by atoms with Crippen LogP contribution in [0.1, 0.15) is 28.4 Å². The zero-order chi connectivity index (χ0) is 29.1. The van der Waals surface area contributed by atoms with Gasteiger partial charge in [-0.1, -0.05) is 12.1 Å². The van der Waals surface area contributed by atoms with Gasteiger partial charge in [-0.25, -0.2) is 14.8 Å². The summed E-state index contributed by atoms with van der Waals surface area (Å²) in [6.07, 6.45) is -7.97. The molecule has 1 unspecified atom stereocenters. The predicted molar refractivity (Wildman–Crippen MR) is 124 cm³/mol. The lowest BCUT2D eigenvalue weighted by atomic mass is 9.99. The maximum absolute atomic E-state index is 13.8. The van der Waals surface area contributed by atoms with Crippen LogP contribution in [-0.2, 0) is 23.8 Å². The van der Waals surface area contributed by atoms with Crippen molar-refractivity contribution in [1.82, 2.24) is 15.0 Å². The molecule has 2 aromatic heterocycles. The van der Waals surface area contributed by atoms with Crippen molar-refractivity contribution in [3.8, 4) is 0 Å². The minimum atomic E-state index is -5.08. The van der Waals surface area contributed by atoms with Crippen molar-refractivity contribution in [3.05, 3.63) is 75.1 Å². The second kappa shape index (κ2) is 11.0. The van der Waals surface area contributed by atoms with Gasteiger partial charge in [0.2, 0.25) is 5.95 Å². The van der Waals surface area contributed by atoms with E-state index < -0.39 is 34.9 Å². The summed E-state index contributed by atoms with van der Waals surface area (Å²) in [5, 5.41) is 18.2. The van der Waals surface area contributed by atoms with E-state index in [1.165, 1.54) is 41.4 Å². The van der Waals surface area contributed by atoms with Crippen LogP contribution in [0.25, 0.3) is 0 Å². The number of pyridine rings is 1. The zero-order valence-electron chi connectivity index (χ0n) is 19.6. The number of benzene rings is 1. The number of non-ortho nitro benzene ring substituents is 1. The number of aromatic nitrogens is 3. The lowest BCUT2D eigenvalue weighted by Crippen LogP contribution is -2.33. The lowest BCUT2D eigenvalue weighted by molar-refractivity contribution is -0.384. The normalized spacial score (nSPS) is 15.4. The average molecular weight is 559 g/mol. The van der Waals surface area contributed by atoms with E-state index in [-0.39, 0.29) is 42.7 Å². The van der Waals surface area contributed by atoms with Gasteiger partial charge in [0.05, 0.1) is 22.2 Å². The number of aliphatic carboxylic acids is 1. The van der Waals surface area contributed by atoms with Gasteiger partial charge in [0.15, 0.2) is 0 Å². The fourth-order valence-corrected chi connectivity index (χ4v) is 3.91. The average Bonchev–Trinajstić information content (AvgIpc) is 3.03. The van der Waals surface area contributed by atoms with Crippen LogP contribution in [-0.4, -0.2) is 43.7 Å². The first-order valence-electron chi connectivity index (χ1n) is 10.8. The summed E-state index contributed by atoms with van der Waals surface area (Å²) in [4.78, 5) is 33.2. The Bertz CT molecular complexity index is 1370. The highest BCUT2D eigenvalue weighted by molar-refractivity contribution is 5.73. The number of halogens is 6. The molecule has 208 valence electrons. The van der Waals surface area contributed by atoms with Crippen molar-refractivity contribution in [2.45, 2.75) is 31.2 Å². The molecule has 0 amide bonds. The number of nitrogen functional groups attached to an aromatic ring is 2. The second-order valence-electron chi connectivity index (χ2n) is 8.08. The number of fused-ring (bicyclic) bond motifs is 1. The largest absolute Gasteiger partial charge is 0.490 e. The minimum absolute atomic E-state index is 0.0361. The van der Waals surface area contributed by atoms with E-state index in [9.17, 15) is 36.5 Å². The van der Waals surface area contributed by atoms with Gasteiger partial charge in [0, 0.05) is 36.9 Å². The van der Waals surface area contributed by atoms with E-state index in [0.29, 0.717) is 16.8 Å². The van der Waals surface area contributed by atoms with Crippen LogP contribution in [0.15, 0.2) is 42.6 Å². The quantitative estimate of drug-likeness (QED) is 0.242. The molecule has 1 atom stereocenters. The molecule has 0 bridgehead atoms. The third kappa shape index (κ3) is 6.79. The van der Waals surface area contributed by atoms with E-state index in [4.69, 9.17) is 21.4 Å². The summed E-state index contributed by atoms with van der Waals surface area (Å²) in [6, 6.07) is 7.21. The summed E-state index contributed by atoms with van der Waals surface area (Å²) in [5.41, 5.74) is 12.4. The van der Waals surface area contributed by atoms with Gasteiger partial charge in [-0.3, -0.25) is 10.1 Å². The van der Waals surface area contributed by atoms with Crippen LogP contribution in [0.4, 0.5) is 49.6 Å². The highest BCUT2D eigenvalue weighted by Gasteiger charge is 2.39. The van der Waals surface area contributed by atoms with Crippen LogP contribution < -0.4 is 16.4 Å². The number of hydrogen-bond acceptors (Lipinski definition) is 9. The Morgan fingerprint density at radius 3 is 2.23 bits per heavy atom. The number of carboxylic acid groups (broad SMARTS) is 1. The molecule has 1 aliphatic heterocycles. The molecule has 0 saturated carbocycles. The van der Waals surface area contributed by atoms with Crippen molar-refractivity contribution in [2.75, 3.05) is 22.9 Å².